The van der Waals surface area contributed by atoms with Crippen molar-refractivity contribution in [3.8, 4) is 11.5 Å². The van der Waals surface area contributed by atoms with Gasteiger partial charge in [-0.3, -0.25) is 0 Å². The second-order valence-electron chi connectivity index (χ2n) is 7.40. The van der Waals surface area contributed by atoms with Crippen molar-refractivity contribution in [2.75, 3.05) is 7.11 Å². The standard InChI is InChI=1S/C19H30O2Si.3CO.Cr/c1-8-9-15-12-18(20-4)16-10-13(2)14(3)11-17(16)19(15)21-22(5,6)7;3*1-2;/h12H,8-11H2,1-7H3;;;;. The van der Waals surface area contributed by atoms with E-state index in [-0.39, 0.29) is 17.4 Å². The smallest absolute Gasteiger partial charge is 0 e. The zero-order valence-electron chi connectivity index (χ0n) is 18.4. The van der Waals surface area contributed by atoms with Crippen LogP contribution in [-0.4, -0.2) is 15.4 Å². The monoisotopic (exact) mass is 454 g/mol. The molecule has 1 aliphatic rings. The molecule has 7 heteroatoms. The Labute approximate surface area is 187 Å². The van der Waals surface area contributed by atoms with E-state index in [4.69, 9.17) is 23.1 Å². The summed E-state index contributed by atoms with van der Waals surface area (Å²) in [5.41, 5.74) is 6.96. The Hall–Kier alpha value is -1.47. The molecule has 0 heterocycles. The number of fused-ring (bicyclic) bond motifs is 1. The van der Waals surface area contributed by atoms with Gasteiger partial charge in [0.1, 0.15) is 11.5 Å². The van der Waals surface area contributed by atoms with Crippen LogP contribution in [-0.2, 0) is 50.6 Å². The molecule has 1 aromatic carbocycles. The zero-order valence-corrected chi connectivity index (χ0v) is 20.6. The normalized spacial score (nSPS) is 11.5. The van der Waals surface area contributed by atoms with E-state index in [0.29, 0.717) is 0 Å². The average Bonchev–Trinajstić information content (AvgIpc) is 2.69. The van der Waals surface area contributed by atoms with Gasteiger partial charge in [0, 0.05) is 28.5 Å². The van der Waals surface area contributed by atoms with Crippen LogP contribution in [0.2, 0.25) is 19.6 Å². The van der Waals surface area contributed by atoms with Gasteiger partial charge in [0.25, 0.3) is 0 Å². The van der Waals surface area contributed by atoms with Crippen LogP contribution in [0.4, 0.5) is 0 Å². The summed E-state index contributed by atoms with van der Waals surface area (Å²) in [7, 11) is 0.141. The predicted molar refractivity (Wildman–Crippen MR) is 109 cm³/mol. The second kappa shape index (κ2) is 16.3. The van der Waals surface area contributed by atoms with Gasteiger partial charge in [0.05, 0.1) is 7.11 Å². The Bertz CT molecular complexity index is 713. The molecule has 0 aromatic heterocycles. The number of benzene rings is 1. The van der Waals surface area contributed by atoms with Gasteiger partial charge in [-0.2, -0.15) is 0 Å². The van der Waals surface area contributed by atoms with E-state index in [9.17, 15) is 0 Å². The fourth-order valence-electron chi connectivity index (χ4n) is 3.07. The van der Waals surface area contributed by atoms with Crippen molar-refractivity contribution < 1.29 is 40.5 Å². The number of methoxy groups -OCH3 is 1. The molecule has 2 rings (SSSR count). The fraction of sp³-hybridized carbons (Fsp3) is 0.500. The van der Waals surface area contributed by atoms with Crippen LogP contribution in [0.5, 0.6) is 11.5 Å². The van der Waals surface area contributed by atoms with Crippen LogP contribution >= 0.6 is 0 Å². The maximum atomic E-state index is 7.50. The third-order valence-electron chi connectivity index (χ3n) is 4.29. The first-order valence-corrected chi connectivity index (χ1v) is 12.3. The summed E-state index contributed by atoms with van der Waals surface area (Å²) >= 11 is 0. The predicted octanol–water partition coefficient (Wildman–Crippen LogP) is 5.18. The molecule has 0 atom stereocenters. The van der Waals surface area contributed by atoms with Gasteiger partial charge < -0.3 is 9.16 Å². The second-order valence-corrected chi connectivity index (χ2v) is 11.8. The van der Waals surface area contributed by atoms with Crippen molar-refractivity contribution in [2.24, 2.45) is 0 Å². The quantitative estimate of drug-likeness (QED) is 0.266. The summed E-state index contributed by atoms with van der Waals surface area (Å²) in [5, 5.41) is 0. The van der Waals surface area contributed by atoms with E-state index < -0.39 is 8.32 Å². The molecule has 0 aliphatic heterocycles. The Morgan fingerprint density at radius 1 is 0.931 bits per heavy atom. The molecule has 0 saturated carbocycles. The van der Waals surface area contributed by atoms with Gasteiger partial charge in [-0.15, -0.1) is 0 Å². The van der Waals surface area contributed by atoms with Crippen molar-refractivity contribution in [3.63, 3.8) is 0 Å². The van der Waals surface area contributed by atoms with Gasteiger partial charge >= 0.3 is 33.9 Å². The van der Waals surface area contributed by atoms with Crippen molar-refractivity contribution in [1.29, 1.82) is 0 Å². The van der Waals surface area contributed by atoms with E-state index >= 15 is 0 Å². The molecule has 0 amide bonds. The van der Waals surface area contributed by atoms with E-state index in [2.05, 4.69) is 66.4 Å². The van der Waals surface area contributed by atoms with Gasteiger partial charge in [-0.25, -0.2) is 0 Å². The summed E-state index contributed by atoms with van der Waals surface area (Å²) in [6, 6.07) is 2.21. The van der Waals surface area contributed by atoms with E-state index in [1.165, 1.54) is 27.8 Å². The molecular weight excluding hydrogens is 424 g/mol. The average molecular weight is 455 g/mol. The Morgan fingerprint density at radius 2 is 1.38 bits per heavy atom. The van der Waals surface area contributed by atoms with Gasteiger partial charge in [-0.1, -0.05) is 24.5 Å². The minimum atomic E-state index is -1.64. The van der Waals surface area contributed by atoms with Crippen LogP contribution in [0.1, 0.15) is 43.9 Å². The topological polar surface area (TPSA) is 78.2 Å². The first kappa shape index (κ1) is 32.2. The molecule has 1 aromatic rings. The van der Waals surface area contributed by atoms with Crippen LogP contribution in [0.3, 0.4) is 0 Å². The van der Waals surface area contributed by atoms with E-state index in [1.807, 2.05) is 0 Å². The first-order valence-electron chi connectivity index (χ1n) is 8.94. The van der Waals surface area contributed by atoms with Gasteiger partial charge in [0.15, 0.2) is 0 Å². The number of ether oxygens (including phenoxy) is 1. The fourth-order valence-corrected chi connectivity index (χ4v) is 3.94. The van der Waals surface area contributed by atoms with Crippen LogP contribution in [0, 0.1) is 20.0 Å². The molecule has 0 bridgehead atoms. The minimum Gasteiger partial charge on any atom is 0 e. The molecular formula is C22H30CrO5Si. The SMILES string of the molecule is CCCc1cc(OC)c2c(c1O[Si](C)(C)C)CC(C)=C(C)C2.[C-]#[O+].[C-]#[O+].[C-]#[O+].[Cr]. The molecule has 5 nitrogen and oxygen atoms in total. The molecule has 158 valence electrons. The van der Waals surface area contributed by atoms with Gasteiger partial charge in [-0.05, 0) is 64.4 Å². The number of allylic oxidation sites excluding steroid dienone is 2. The minimum absolute atomic E-state index is 0. The van der Waals surface area contributed by atoms with Crippen molar-refractivity contribution in [1.82, 2.24) is 0 Å². The molecule has 0 fully saturated rings. The summed E-state index contributed by atoms with van der Waals surface area (Å²) in [6.45, 7) is 27.0. The summed E-state index contributed by atoms with van der Waals surface area (Å²) in [5.74, 6) is 2.19. The molecule has 0 radical (unpaired) electrons. The number of aryl methyl sites for hydroxylation is 1. The number of hydrogen-bond acceptors (Lipinski definition) is 2. The van der Waals surface area contributed by atoms with Gasteiger partial charge in [0.2, 0.25) is 8.32 Å². The van der Waals surface area contributed by atoms with E-state index in [0.717, 1.165) is 37.2 Å². The van der Waals surface area contributed by atoms with Crippen LogP contribution in [0.25, 0.3) is 0 Å². The van der Waals surface area contributed by atoms with Crippen LogP contribution < -0.4 is 9.16 Å². The summed E-state index contributed by atoms with van der Waals surface area (Å²) in [6.07, 6.45) is 4.15. The molecule has 1 aliphatic carbocycles. The maximum Gasteiger partial charge on any atom is 0 e. The van der Waals surface area contributed by atoms with Crippen molar-refractivity contribution in [3.05, 3.63) is 53.9 Å². The van der Waals surface area contributed by atoms with E-state index in [1.54, 1.807) is 7.11 Å². The molecule has 0 N–H and O–H groups in total. The molecule has 0 saturated heterocycles. The maximum absolute atomic E-state index is 7.50. The molecule has 0 unspecified atom stereocenters. The third-order valence-corrected chi connectivity index (χ3v) is 5.11. The Balaban J connectivity index is -0.000000883. The van der Waals surface area contributed by atoms with Crippen LogP contribution in [0.15, 0.2) is 17.2 Å². The Morgan fingerprint density at radius 3 is 1.76 bits per heavy atom. The van der Waals surface area contributed by atoms with Crippen molar-refractivity contribution in [2.45, 2.75) is 66.1 Å². The number of hydrogen-bond donors (Lipinski definition) is 0. The third kappa shape index (κ3) is 9.72. The van der Waals surface area contributed by atoms with Crippen molar-refractivity contribution >= 4 is 8.32 Å². The summed E-state index contributed by atoms with van der Waals surface area (Å²) < 4.78 is 34.7. The first-order chi connectivity index (χ1) is 13.3. The number of rotatable bonds is 5. The largest absolute Gasteiger partial charge is 0 e. The zero-order chi connectivity index (χ0) is 22.5. The molecule has 29 heavy (non-hydrogen) atoms. The molecule has 0 spiro atoms. The Kier molecular flexibility index (Phi) is 18.1. The summed E-state index contributed by atoms with van der Waals surface area (Å²) in [4.78, 5) is 0.